The fraction of sp³-hybridized carbons (Fsp3) is 0.125. The quantitative estimate of drug-likeness (QED) is 0.177. The van der Waals surface area contributed by atoms with Gasteiger partial charge in [-0.05, 0) is 56.6 Å². The van der Waals surface area contributed by atoms with E-state index < -0.39 is 0 Å². The van der Waals surface area contributed by atoms with E-state index in [0.29, 0.717) is 44.2 Å². The number of methoxy groups -OCH3 is 4. The van der Waals surface area contributed by atoms with Crippen molar-refractivity contribution in [2.45, 2.75) is 0 Å². The molecule has 202 valence electrons. The number of fused-ring (bicyclic) bond motifs is 6. The molecule has 0 unspecified atom stereocenters. The van der Waals surface area contributed by atoms with Crippen LogP contribution >= 0.6 is 0 Å². The number of ether oxygens (including phenoxy) is 4. The molecule has 8 nitrogen and oxygen atoms in total. The van der Waals surface area contributed by atoms with Crippen molar-refractivity contribution in [2.24, 2.45) is 0 Å². The van der Waals surface area contributed by atoms with Gasteiger partial charge in [-0.3, -0.25) is 0 Å². The number of phenolic OH excluding ortho intramolecular Hbond substituents is 4. The van der Waals surface area contributed by atoms with Crippen LogP contribution in [-0.2, 0) is 0 Å². The van der Waals surface area contributed by atoms with Crippen molar-refractivity contribution < 1.29 is 39.4 Å². The molecule has 0 aliphatic rings. The van der Waals surface area contributed by atoms with Crippen molar-refractivity contribution in [1.29, 1.82) is 0 Å². The summed E-state index contributed by atoms with van der Waals surface area (Å²) in [6, 6.07) is 16.9. The molecule has 0 aromatic heterocycles. The molecule has 0 aliphatic heterocycles. The Kier molecular flexibility index (Phi) is 5.76. The van der Waals surface area contributed by atoms with E-state index >= 15 is 0 Å². The van der Waals surface area contributed by atoms with Crippen molar-refractivity contribution >= 4 is 43.1 Å². The zero-order chi connectivity index (χ0) is 28.3. The Bertz CT molecular complexity index is 1850. The van der Waals surface area contributed by atoms with E-state index in [9.17, 15) is 20.4 Å². The number of hydrogen-bond acceptors (Lipinski definition) is 8. The van der Waals surface area contributed by atoms with Gasteiger partial charge in [0.25, 0.3) is 0 Å². The minimum atomic E-state index is -0.0976. The second-order valence-corrected chi connectivity index (χ2v) is 9.41. The van der Waals surface area contributed by atoms with Crippen molar-refractivity contribution in [3.05, 3.63) is 60.7 Å². The van der Waals surface area contributed by atoms with E-state index in [4.69, 9.17) is 18.9 Å². The second-order valence-electron chi connectivity index (χ2n) is 9.41. The van der Waals surface area contributed by atoms with Crippen LogP contribution < -0.4 is 18.9 Å². The molecule has 0 spiro atoms. The van der Waals surface area contributed by atoms with Gasteiger partial charge in [-0.15, -0.1) is 0 Å². The lowest BCUT2D eigenvalue weighted by atomic mass is 9.88. The molecule has 0 aliphatic carbocycles. The Morgan fingerprint density at radius 1 is 0.400 bits per heavy atom. The SMILES string of the molecule is COc1cc2c(ccc3c(-c4c(O)cc(OC)c5c4ccc4cc(O)c(OC)cc45)c(O)cc(OC)c32)cc1O. The van der Waals surface area contributed by atoms with Crippen LogP contribution in [0.4, 0.5) is 0 Å². The summed E-state index contributed by atoms with van der Waals surface area (Å²) >= 11 is 0. The highest BCUT2D eigenvalue weighted by Crippen LogP contribution is 2.52. The lowest BCUT2D eigenvalue weighted by Gasteiger charge is -2.20. The fourth-order valence-corrected chi connectivity index (χ4v) is 5.62. The summed E-state index contributed by atoms with van der Waals surface area (Å²) < 4.78 is 22.1. The molecule has 0 radical (unpaired) electrons. The number of hydrogen-bond donors (Lipinski definition) is 4. The molecule has 6 aromatic rings. The largest absolute Gasteiger partial charge is 0.507 e. The van der Waals surface area contributed by atoms with Crippen LogP contribution in [0.5, 0.6) is 46.0 Å². The summed E-state index contributed by atoms with van der Waals surface area (Å²) in [5.74, 6) is 1.21. The molecule has 0 saturated carbocycles. The molecule has 0 fully saturated rings. The highest BCUT2D eigenvalue weighted by atomic mass is 16.5. The van der Waals surface area contributed by atoms with E-state index in [1.165, 1.54) is 40.6 Å². The maximum Gasteiger partial charge on any atom is 0.161 e. The third kappa shape index (κ3) is 3.53. The number of benzene rings is 6. The topological polar surface area (TPSA) is 118 Å². The first-order valence-corrected chi connectivity index (χ1v) is 12.4. The van der Waals surface area contributed by atoms with Crippen molar-refractivity contribution in [3.8, 4) is 57.1 Å². The zero-order valence-electron chi connectivity index (χ0n) is 22.2. The summed E-state index contributed by atoms with van der Waals surface area (Å²) in [6.07, 6.45) is 0. The maximum atomic E-state index is 11.4. The van der Waals surface area contributed by atoms with E-state index in [2.05, 4.69) is 0 Å². The van der Waals surface area contributed by atoms with Gasteiger partial charge < -0.3 is 39.4 Å². The van der Waals surface area contributed by atoms with Crippen molar-refractivity contribution in [3.63, 3.8) is 0 Å². The lowest BCUT2D eigenvalue weighted by molar-refractivity contribution is 0.374. The first-order valence-electron chi connectivity index (χ1n) is 12.4. The Morgan fingerprint density at radius 2 is 0.775 bits per heavy atom. The number of phenols is 4. The predicted octanol–water partition coefficient (Wildman–Crippen LogP) is 6.82. The fourth-order valence-electron chi connectivity index (χ4n) is 5.62. The molecule has 40 heavy (non-hydrogen) atoms. The molecular weight excluding hydrogens is 512 g/mol. The van der Waals surface area contributed by atoms with Crippen molar-refractivity contribution in [2.75, 3.05) is 28.4 Å². The van der Waals surface area contributed by atoms with E-state index in [-0.39, 0.29) is 34.5 Å². The first kappa shape index (κ1) is 25.1. The van der Waals surface area contributed by atoms with Crippen LogP contribution in [0.2, 0.25) is 0 Å². The molecule has 0 saturated heterocycles. The Labute approximate surface area is 228 Å². The second kappa shape index (κ2) is 9.20. The summed E-state index contributed by atoms with van der Waals surface area (Å²) in [5.41, 5.74) is 0.778. The average molecular weight is 539 g/mol. The van der Waals surface area contributed by atoms with E-state index in [1.54, 1.807) is 24.3 Å². The normalized spacial score (nSPS) is 11.4. The van der Waals surface area contributed by atoms with Gasteiger partial charge in [0.1, 0.15) is 23.0 Å². The van der Waals surface area contributed by atoms with Gasteiger partial charge in [0.2, 0.25) is 0 Å². The van der Waals surface area contributed by atoms with Crippen molar-refractivity contribution in [1.82, 2.24) is 0 Å². The lowest BCUT2D eigenvalue weighted by Crippen LogP contribution is -1.94. The van der Waals surface area contributed by atoms with Crippen LogP contribution in [0.3, 0.4) is 0 Å². The smallest absolute Gasteiger partial charge is 0.161 e. The molecule has 6 aromatic carbocycles. The summed E-state index contributed by atoms with van der Waals surface area (Å²) in [4.78, 5) is 0. The van der Waals surface area contributed by atoms with Gasteiger partial charge in [0.05, 0.1) is 28.4 Å². The molecule has 4 N–H and O–H groups in total. The summed E-state index contributed by atoms with van der Waals surface area (Å²) in [6.45, 7) is 0. The monoisotopic (exact) mass is 538 g/mol. The van der Waals surface area contributed by atoms with Crippen LogP contribution in [0, 0.1) is 0 Å². The standard InChI is InChI=1S/C32H26O8/c1-37-25-11-19-15(9-21(25)33)5-7-17-29(19)27(39-3)13-23(35)31(17)32-18-8-6-16-10-22(34)26(38-2)12-20(16)30(18)28(40-4)14-24(32)36/h5-14,33-36H,1-4H3. The van der Waals surface area contributed by atoms with Gasteiger partial charge in [-0.2, -0.15) is 0 Å². The summed E-state index contributed by atoms with van der Waals surface area (Å²) in [5, 5.41) is 49.0. The third-order valence-electron chi connectivity index (χ3n) is 7.41. The zero-order valence-corrected chi connectivity index (χ0v) is 22.2. The molecule has 0 heterocycles. The highest BCUT2D eigenvalue weighted by molar-refractivity contribution is 6.22. The van der Waals surface area contributed by atoms with Gasteiger partial charge in [-0.25, -0.2) is 0 Å². The van der Waals surface area contributed by atoms with E-state index in [0.717, 1.165) is 21.5 Å². The number of aromatic hydroxyl groups is 4. The Balaban J connectivity index is 1.80. The Morgan fingerprint density at radius 3 is 1.12 bits per heavy atom. The van der Waals surface area contributed by atoms with Gasteiger partial charge in [-0.1, -0.05) is 24.3 Å². The summed E-state index contributed by atoms with van der Waals surface area (Å²) in [7, 11) is 5.97. The van der Waals surface area contributed by atoms with Gasteiger partial charge in [0, 0.05) is 34.0 Å². The molecule has 0 atom stereocenters. The van der Waals surface area contributed by atoms with Gasteiger partial charge >= 0.3 is 0 Å². The van der Waals surface area contributed by atoms with Crippen LogP contribution in [0.1, 0.15) is 0 Å². The Hall–Kier alpha value is -5.24. The molecule has 0 bridgehead atoms. The van der Waals surface area contributed by atoms with Gasteiger partial charge in [0.15, 0.2) is 23.0 Å². The maximum absolute atomic E-state index is 11.4. The predicted molar refractivity (Wildman–Crippen MR) is 155 cm³/mol. The minimum Gasteiger partial charge on any atom is -0.507 e. The molecule has 6 rings (SSSR count). The molecular formula is C32H26O8. The van der Waals surface area contributed by atoms with Crippen LogP contribution in [0.25, 0.3) is 54.2 Å². The third-order valence-corrected chi connectivity index (χ3v) is 7.41. The number of rotatable bonds is 5. The molecule has 8 heteroatoms. The molecule has 0 amide bonds. The van der Waals surface area contributed by atoms with Crippen LogP contribution in [0.15, 0.2) is 60.7 Å². The minimum absolute atomic E-state index is 0.000505. The van der Waals surface area contributed by atoms with Crippen LogP contribution in [-0.4, -0.2) is 48.9 Å². The highest BCUT2D eigenvalue weighted by Gasteiger charge is 2.24. The average Bonchev–Trinajstić information content (AvgIpc) is 2.95. The first-order chi connectivity index (χ1) is 19.3. The van der Waals surface area contributed by atoms with E-state index in [1.807, 2.05) is 24.3 Å².